The lowest BCUT2D eigenvalue weighted by atomic mass is 10.0. The second kappa shape index (κ2) is 5.36. The second-order valence-corrected chi connectivity index (χ2v) is 4.69. The fraction of sp³-hybridized carbons (Fsp3) is 0.385. The van der Waals surface area contributed by atoms with Crippen LogP contribution < -0.4 is 10.6 Å². The Hall–Kier alpha value is -1.95. The van der Waals surface area contributed by atoms with Crippen molar-refractivity contribution in [3.63, 3.8) is 0 Å². The van der Waals surface area contributed by atoms with Gasteiger partial charge in [0.05, 0.1) is 17.3 Å². The number of hydrogen-bond acceptors (Lipinski definition) is 3. The quantitative estimate of drug-likeness (QED) is 0.774. The molecular weight excluding hydrogens is 251 g/mol. The number of halogens is 1. The summed E-state index contributed by atoms with van der Waals surface area (Å²) in [7, 11) is 0. The van der Waals surface area contributed by atoms with Crippen molar-refractivity contribution in [1.29, 1.82) is 0 Å². The summed E-state index contributed by atoms with van der Waals surface area (Å²) in [6, 6.07) is 3.07. The van der Waals surface area contributed by atoms with E-state index >= 15 is 0 Å². The predicted octanol–water partition coefficient (Wildman–Crippen LogP) is 1.46. The van der Waals surface area contributed by atoms with Crippen molar-refractivity contribution in [1.82, 2.24) is 5.32 Å². The molecule has 1 amide bonds. The van der Waals surface area contributed by atoms with Crippen LogP contribution in [0.15, 0.2) is 18.2 Å². The highest BCUT2D eigenvalue weighted by molar-refractivity contribution is 5.96. The van der Waals surface area contributed by atoms with Crippen molar-refractivity contribution in [2.45, 2.75) is 19.4 Å². The van der Waals surface area contributed by atoms with Gasteiger partial charge >= 0.3 is 5.97 Å². The first-order valence-electron chi connectivity index (χ1n) is 6.06. The summed E-state index contributed by atoms with van der Waals surface area (Å²) in [6.45, 7) is 2.72. The Morgan fingerprint density at radius 3 is 2.74 bits per heavy atom. The maximum atomic E-state index is 13.7. The fourth-order valence-electron chi connectivity index (χ4n) is 2.15. The van der Waals surface area contributed by atoms with Gasteiger partial charge in [0.15, 0.2) is 0 Å². The van der Waals surface area contributed by atoms with Crippen LogP contribution in [0.3, 0.4) is 0 Å². The molecule has 0 saturated carbocycles. The van der Waals surface area contributed by atoms with E-state index in [2.05, 4.69) is 10.6 Å². The Morgan fingerprint density at radius 2 is 2.21 bits per heavy atom. The third kappa shape index (κ3) is 2.90. The van der Waals surface area contributed by atoms with E-state index < -0.39 is 11.8 Å². The molecular formula is C13H15FN2O3. The van der Waals surface area contributed by atoms with Crippen molar-refractivity contribution in [3.8, 4) is 0 Å². The molecule has 6 heteroatoms. The molecule has 1 aliphatic heterocycles. The molecule has 0 aliphatic carbocycles. The zero-order valence-electron chi connectivity index (χ0n) is 10.4. The lowest BCUT2D eigenvalue weighted by Crippen LogP contribution is -2.39. The second-order valence-electron chi connectivity index (χ2n) is 4.69. The first kappa shape index (κ1) is 13.5. The zero-order chi connectivity index (χ0) is 14.0. The van der Waals surface area contributed by atoms with E-state index in [1.165, 1.54) is 12.1 Å². The number of carboxylic acid groups (broad SMARTS) is 1. The summed E-state index contributed by atoms with van der Waals surface area (Å²) < 4.78 is 13.7. The molecule has 1 heterocycles. The monoisotopic (exact) mass is 266 g/mol. The first-order valence-corrected chi connectivity index (χ1v) is 6.06. The predicted molar refractivity (Wildman–Crippen MR) is 67.6 cm³/mol. The third-order valence-corrected chi connectivity index (χ3v) is 3.29. The topological polar surface area (TPSA) is 78.4 Å². The molecule has 1 saturated heterocycles. The van der Waals surface area contributed by atoms with Gasteiger partial charge in [-0.05, 0) is 37.1 Å². The number of carbonyl (C=O) groups excluding carboxylic acids is 1. The average Bonchev–Trinajstić information content (AvgIpc) is 2.77. The minimum atomic E-state index is -1.21. The van der Waals surface area contributed by atoms with Crippen LogP contribution in [-0.2, 0) is 4.79 Å². The number of anilines is 1. The molecule has 1 aromatic rings. The number of rotatable bonds is 3. The fourth-order valence-corrected chi connectivity index (χ4v) is 2.15. The van der Waals surface area contributed by atoms with Gasteiger partial charge in [-0.1, -0.05) is 6.92 Å². The van der Waals surface area contributed by atoms with E-state index in [-0.39, 0.29) is 29.1 Å². The Kier molecular flexibility index (Phi) is 3.80. The van der Waals surface area contributed by atoms with Gasteiger partial charge in [-0.2, -0.15) is 0 Å². The maximum absolute atomic E-state index is 13.7. The van der Waals surface area contributed by atoms with Crippen molar-refractivity contribution in [3.05, 3.63) is 29.6 Å². The number of amides is 1. The molecule has 2 atom stereocenters. The van der Waals surface area contributed by atoms with Gasteiger partial charge in [0, 0.05) is 0 Å². The number of benzene rings is 1. The SMILES string of the molecule is CC1CCNC1C(=O)Nc1ccc(C(=O)O)cc1F. The van der Waals surface area contributed by atoms with Crippen LogP contribution in [0.1, 0.15) is 23.7 Å². The molecule has 0 bridgehead atoms. The smallest absolute Gasteiger partial charge is 0.335 e. The van der Waals surface area contributed by atoms with Gasteiger partial charge < -0.3 is 15.7 Å². The molecule has 0 radical (unpaired) electrons. The van der Waals surface area contributed by atoms with Gasteiger partial charge in [-0.15, -0.1) is 0 Å². The summed E-state index contributed by atoms with van der Waals surface area (Å²) in [4.78, 5) is 22.6. The van der Waals surface area contributed by atoms with E-state index in [0.717, 1.165) is 19.0 Å². The molecule has 1 aliphatic rings. The van der Waals surface area contributed by atoms with Crippen molar-refractivity contribution in [2.75, 3.05) is 11.9 Å². The van der Waals surface area contributed by atoms with E-state index in [1.807, 2.05) is 6.92 Å². The molecule has 2 rings (SSSR count). The minimum Gasteiger partial charge on any atom is -0.478 e. The van der Waals surface area contributed by atoms with Gasteiger partial charge in [0.1, 0.15) is 5.82 Å². The molecule has 0 aromatic heterocycles. The molecule has 2 unspecified atom stereocenters. The highest BCUT2D eigenvalue weighted by atomic mass is 19.1. The molecule has 3 N–H and O–H groups in total. The highest BCUT2D eigenvalue weighted by Crippen LogP contribution is 2.19. The Balaban J connectivity index is 2.11. The summed E-state index contributed by atoms with van der Waals surface area (Å²) in [5.41, 5.74) is -0.154. The summed E-state index contributed by atoms with van der Waals surface area (Å²) in [5, 5.41) is 14.3. The van der Waals surface area contributed by atoms with Gasteiger partial charge in [-0.3, -0.25) is 4.79 Å². The van der Waals surface area contributed by atoms with Gasteiger partial charge in [0.25, 0.3) is 0 Å². The van der Waals surface area contributed by atoms with Crippen LogP contribution in [0.4, 0.5) is 10.1 Å². The van der Waals surface area contributed by atoms with Gasteiger partial charge in [0.2, 0.25) is 5.91 Å². The van der Waals surface area contributed by atoms with Crippen LogP contribution in [0.25, 0.3) is 0 Å². The van der Waals surface area contributed by atoms with Crippen LogP contribution in [0.2, 0.25) is 0 Å². The van der Waals surface area contributed by atoms with Crippen molar-refractivity contribution >= 4 is 17.6 Å². The molecule has 0 spiro atoms. The van der Waals surface area contributed by atoms with Crippen LogP contribution in [-0.4, -0.2) is 29.6 Å². The number of carbonyl (C=O) groups is 2. The number of carboxylic acids is 1. The number of nitrogens with one attached hydrogen (secondary N) is 2. The van der Waals surface area contributed by atoms with Gasteiger partial charge in [-0.25, -0.2) is 9.18 Å². The largest absolute Gasteiger partial charge is 0.478 e. The lowest BCUT2D eigenvalue weighted by Gasteiger charge is -2.15. The standard InChI is InChI=1S/C13H15FN2O3/c1-7-4-5-15-11(7)12(17)16-10-3-2-8(13(18)19)6-9(10)14/h2-3,6-7,11,15H,4-5H2,1H3,(H,16,17)(H,18,19). The van der Waals surface area contributed by atoms with E-state index in [1.54, 1.807) is 0 Å². The molecule has 102 valence electrons. The number of hydrogen-bond donors (Lipinski definition) is 3. The zero-order valence-corrected chi connectivity index (χ0v) is 10.4. The maximum Gasteiger partial charge on any atom is 0.335 e. The lowest BCUT2D eigenvalue weighted by molar-refractivity contribution is -0.118. The molecule has 5 nitrogen and oxygen atoms in total. The normalized spacial score (nSPS) is 22.2. The molecule has 1 fully saturated rings. The van der Waals surface area contributed by atoms with Crippen molar-refractivity contribution < 1.29 is 19.1 Å². The van der Waals surface area contributed by atoms with Crippen LogP contribution in [0, 0.1) is 11.7 Å². The average molecular weight is 266 g/mol. The summed E-state index contributed by atoms with van der Waals surface area (Å²) in [5.74, 6) is -2.06. The van der Waals surface area contributed by atoms with Crippen molar-refractivity contribution in [2.24, 2.45) is 5.92 Å². The van der Waals surface area contributed by atoms with Crippen LogP contribution >= 0.6 is 0 Å². The van der Waals surface area contributed by atoms with E-state index in [9.17, 15) is 14.0 Å². The highest BCUT2D eigenvalue weighted by Gasteiger charge is 2.29. The Morgan fingerprint density at radius 1 is 1.47 bits per heavy atom. The Bertz CT molecular complexity index is 519. The third-order valence-electron chi connectivity index (χ3n) is 3.29. The molecule has 19 heavy (non-hydrogen) atoms. The summed E-state index contributed by atoms with van der Waals surface area (Å²) >= 11 is 0. The molecule has 1 aromatic carbocycles. The Labute approximate surface area is 109 Å². The summed E-state index contributed by atoms with van der Waals surface area (Å²) in [6.07, 6.45) is 0.901. The van der Waals surface area contributed by atoms with Crippen LogP contribution in [0.5, 0.6) is 0 Å². The number of aromatic carboxylic acids is 1. The minimum absolute atomic E-state index is 0.00380. The first-order chi connectivity index (χ1) is 8.99. The van der Waals surface area contributed by atoms with E-state index in [0.29, 0.717) is 0 Å². The van der Waals surface area contributed by atoms with E-state index in [4.69, 9.17) is 5.11 Å².